The van der Waals surface area contributed by atoms with Crippen LogP contribution >= 0.6 is 27.7 Å². The number of imide groups is 1. The number of rotatable bonds is 10. The second kappa shape index (κ2) is 11.4. The van der Waals surface area contributed by atoms with Crippen LogP contribution in [0.4, 0.5) is 4.79 Å². The average molecular weight is 520 g/mol. The summed E-state index contributed by atoms with van der Waals surface area (Å²) in [5.41, 5.74) is 1.88. The summed E-state index contributed by atoms with van der Waals surface area (Å²) in [6, 6.07) is 11.3. The molecule has 0 bridgehead atoms. The monoisotopic (exact) mass is 519 g/mol. The van der Waals surface area contributed by atoms with Gasteiger partial charge in [-0.2, -0.15) is 0 Å². The van der Waals surface area contributed by atoms with Gasteiger partial charge in [0.25, 0.3) is 11.1 Å². The number of amides is 2. The Hall–Kier alpha value is -2.45. The van der Waals surface area contributed by atoms with Gasteiger partial charge in [-0.1, -0.05) is 24.6 Å². The number of thioether (sulfide) groups is 1. The van der Waals surface area contributed by atoms with Crippen molar-refractivity contribution in [2.24, 2.45) is 0 Å². The molecule has 32 heavy (non-hydrogen) atoms. The molecule has 6 nitrogen and oxygen atoms in total. The first-order valence-corrected chi connectivity index (χ1v) is 12.1. The Kier molecular flexibility index (Phi) is 8.64. The quantitative estimate of drug-likeness (QED) is 0.355. The van der Waals surface area contributed by atoms with E-state index < -0.39 is 0 Å². The van der Waals surface area contributed by atoms with Gasteiger partial charge in [0.1, 0.15) is 12.4 Å². The minimum absolute atomic E-state index is 0.188. The molecule has 1 heterocycles. The fourth-order valence-corrected chi connectivity index (χ4v) is 4.45. The summed E-state index contributed by atoms with van der Waals surface area (Å²) in [6.07, 6.45) is 2.57. The second-order valence-electron chi connectivity index (χ2n) is 7.11. The maximum absolute atomic E-state index is 12.8. The van der Waals surface area contributed by atoms with Gasteiger partial charge < -0.3 is 14.2 Å². The van der Waals surface area contributed by atoms with Crippen LogP contribution in [0.25, 0.3) is 6.08 Å². The van der Waals surface area contributed by atoms with Crippen molar-refractivity contribution in [1.29, 1.82) is 0 Å². The smallest absolute Gasteiger partial charge is 0.293 e. The molecule has 0 unspecified atom stereocenters. The SMILES string of the molecule is CCCOc1c(Br)cc(/C=C2\SC(=O)N(CCOc3ccc(C)cc3)C2=O)cc1OCC. The van der Waals surface area contributed by atoms with Crippen molar-refractivity contribution in [1.82, 2.24) is 4.90 Å². The third-order valence-corrected chi connectivity index (χ3v) is 6.05. The predicted octanol–water partition coefficient (Wildman–Crippen LogP) is 6.06. The minimum Gasteiger partial charge on any atom is -0.492 e. The lowest BCUT2D eigenvalue weighted by Gasteiger charge is -2.14. The van der Waals surface area contributed by atoms with Gasteiger partial charge in [-0.05, 0) is 83.9 Å². The Labute approximate surface area is 201 Å². The number of benzene rings is 2. The van der Waals surface area contributed by atoms with Gasteiger partial charge >= 0.3 is 0 Å². The molecular weight excluding hydrogens is 494 g/mol. The molecule has 1 fully saturated rings. The number of carbonyl (C=O) groups excluding carboxylic acids is 2. The van der Waals surface area contributed by atoms with Gasteiger partial charge in [0.2, 0.25) is 0 Å². The molecular formula is C24H26BrNO5S. The summed E-state index contributed by atoms with van der Waals surface area (Å²) >= 11 is 4.45. The third-order valence-electron chi connectivity index (χ3n) is 4.56. The molecule has 0 N–H and O–H groups in total. The van der Waals surface area contributed by atoms with E-state index in [0.717, 1.165) is 33.8 Å². The van der Waals surface area contributed by atoms with Crippen LogP contribution in [0.15, 0.2) is 45.8 Å². The highest BCUT2D eigenvalue weighted by Gasteiger charge is 2.34. The maximum atomic E-state index is 12.8. The van der Waals surface area contributed by atoms with Crippen LogP contribution in [0.3, 0.4) is 0 Å². The molecule has 0 radical (unpaired) electrons. The average Bonchev–Trinajstić information content (AvgIpc) is 3.02. The zero-order valence-corrected chi connectivity index (χ0v) is 20.8. The number of hydrogen-bond donors (Lipinski definition) is 0. The number of nitrogens with zero attached hydrogens (tertiary/aromatic N) is 1. The number of ether oxygens (including phenoxy) is 3. The summed E-state index contributed by atoms with van der Waals surface area (Å²) in [7, 11) is 0. The van der Waals surface area contributed by atoms with Crippen LogP contribution in [0, 0.1) is 6.92 Å². The van der Waals surface area contributed by atoms with Gasteiger partial charge in [0.15, 0.2) is 11.5 Å². The molecule has 1 aliphatic rings. The molecule has 8 heteroatoms. The molecule has 2 amide bonds. The molecule has 170 valence electrons. The van der Waals surface area contributed by atoms with E-state index in [4.69, 9.17) is 14.2 Å². The van der Waals surface area contributed by atoms with Crippen LogP contribution in [0.2, 0.25) is 0 Å². The van der Waals surface area contributed by atoms with Gasteiger partial charge in [-0.15, -0.1) is 0 Å². The Morgan fingerprint density at radius 3 is 2.47 bits per heavy atom. The minimum atomic E-state index is -0.326. The van der Waals surface area contributed by atoms with Crippen LogP contribution in [0.1, 0.15) is 31.4 Å². The fraction of sp³-hybridized carbons (Fsp3) is 0.333. The highest BCUT2D eigenvalue weighted by Crippen LogP contribution is 2.39. The zero-order chi connectivity index (χ0) is 23.1. The highest BCUT2D eigenvalue weighted by atomic mass is 79.9. The summed E-state index contributed by atoms with van der Waals surface area (Å²) < 4.78 is 17.9. The van der Waals surface area contributed by atoms with E-state index in [1.54, 1.807) is 6.08 Å². The molecule has 2 aromatic rings. The first-order chi connectivity index (χ1) is 15.4. The topological polar surface area (TPSA) is 65.1 Å². The van der Waals surface area contributed by atoms with Gasteiger partial charge in [-0.3, -0.25) is 14.5 Å². The molecule has 0 aliphatic carbocycles. The maximum Gasteiger partial charge on any atom is 0.293 e. The number of hydrogen-bond acceptors (Lipinski definition) is 6. The number of halogens is 1. The van der Waals surface area contributed by atoms with E-state index in [-0.39, 0.29) is 24.3 Å². The van der Waals surface area contributed by atoms with Crippen molar-refractivity contribution >= 4 is 44.9 Å². The molecule has 3 rings (SSSR count). The molecule has 2 aromatic carbocycles. The van der Waals surface area contributed by atoms with Crippen molar-refractivity contribution < 1.29 is 23.8 Å². The van der Waals surface area contributed by atoms with E-state index >= 15 is 0 Å². The zero-order valence-electron chi connectivity index (χ0n) is 18.4. The molecule has 1 saturated heterocycles. The molecule has 1 aliphatic heterocycles. The predicted molar refractivity (Wildman–Crippen MR) is 130 cm³/mol. The van der Waals surface area contributed by atoms with Crippen molar-refractivity contribution in [3.63, 3.8) is 0 Å². The molecule has 0 saturated carbocycles. The van der Waals surface area contributed by atoms with Gasteiger partial charge in [0.05, 0.1) is 29.1 Å². The summed E-state index contributed by atoms with van der Waals surface area (Å²) in [4.78, 5) is 26.8. The van der Waals surface area contributed by atoms with Crippen LogP contribution in [0.5, 0.6) is 17.2 Å². The number of aryl methyl sites for hydroxylation is 1. The van der Waals surface area contributed by atoms with Gasteiger partial charge in [-0.25, -0.2) is 0 Å². The first kappa shape index (κ1) is 24.2. The van der Waals surface area contributed by atoms with Crippen LogP contribution in [-0.2, 0) is 4.79 Å². The second-order valence-corrected chi connectivity index (χ2v) is 8.95. The molecule has 0 aromatic heterocycles. The normalized spacial score (nSPS) is 14.9. The first-order valence-electron chi connectivity index (χ1n) is 10.5. The Balaban J connectivity index is 1.71. The lowest BCUT2D eigenvalue weighted by molar-refractivity contribution is -0.123. The van der Waals surface area contributed by atoms with Crippen molar-refractivity contribution in [3.8, 4) is 17.2 Å². The van der Waals surface area contributed by atoms with E-state index in [1.807, 2.05) is 57.2 Å². The van der Waals surface area contributed by atoms with Crippen LogP contribution < -0.4 is 14.2 Å². The van der Waals surface area contributed by atoms with Gasteiger partial charge in [0, 0.05) is 0 Å². The van der Waals surface area contributed by atoms with E-state index in [0.29, 0.717) is 35.4 Å². The van der Waals surface area contributed by atoms with Crippen molar-refractivity contribution in [2.45, 2.75) is 27.2 Å². The summed E-state index contributed by atoms with van der Waals surface area (Å²) in [6.45, 7) is 7.40. The molecule has 0 atom stereocenters. The summed E-state index contributed by atoms with van der Waals surface area (Å²) in [5, 5.41) is -0.305. The highest BCUT2D eigenvalue weighted by molar-refractivity contribution is 9.10. The largest absolute Gasteiger partial charge is 0.492 e. The van der Waals surface area contributed by atoms with E-state index in [2.05, 4.69) is 15.9 Å². The standard InChI is InChI=1S/C24H26BrNO5S/c1-4-11-31-22-19(25)13-17(14-20(22)29-5-2)15-21-23(27)26(24(28)32-21)10-12-30-18-8-6-16(3)7-9-18/h6-9,13-15H,4-5,10-12H2,1-3H3/b21-15-. The summed E-state index contributed by atoms with van der Waals surface area (Å²) in [5.74, 6) is 1.60. The lowest BCUT2D eigenvalue weighted by Crippen LogP contribution is -2.32. The Morgan fingerprint density at radius 1 is 1.03 bits per heavy atom. The number of carbonyl (C=O) groups is 2. The van der Waals surface area contributed by atoms with Crippen molar-refractivity contribution in [2.75, 3.05) is 26.4 Å². The lowest BCUT2D eigenvalue weighted by atomic mass is 10.2. The van der Waals surface area contributed by atoms with E-state index in [9.17, 15) is 9.59 Å². The Morgan fingerprint density at radius 2 is 1.78 bits per heavy atom. The van der Waals surface area contributed by atoms with Crippen molar-refractivity contribution in [3.05, 3.63) is 56.9 Å². The van der Waals surface area contributed by atoms with E-state index in [1.165, 1.54) is 4.90 Å². The Bertz CT molecular complexity index is 1010. The molecule has 0 spiro atoms. The third kappa shape index (κ3) is 6.07. The fourth-order valence-electron chi connectivity index (χ4n) is 3.01. The van der Waals surface area contributed by atoms with Crippen LogP contribution in [-0.4, -0.2) is 42.4 Å².